The van der Waals surface area contributed by atoms with Crippen molar-refractivity contribution in [1.29, 1.82) is 0 Å². The fourth-order valence-electron chi connectivity index (χ4n) is 3.76. The highest BCUT2D eigenvalue weighted by molar-refractivity contribution is 14.1. The van der Waals surface area contributed by atoms with E-state index in [0.717, 1.165) is 42.3 Å². The molecule has 1 rings (SSSR count). The summed E-state index contributed by atoms with van der Waals surface area (Å²) in [5.41, 5.74) is 0.960. The van der Waals surface area contributed by atoms with Gasteiger partial charge in [0.15, 0.2) is 14.6 Å². The Labute approximate surface area is 205 Å². The number of ether oxygens (including phenoxy) is 2. The average molecular weight is 565 g/mol. The van der Waals surface area contributed by atoms with Crippen LogP contribution < -0.4 is 0 Å². The molecule has 0 spiro atoms. The van der Waals surface area contributed by atoms with Crippen LogP contribution in [0, 0.1) is 11.3 Å². The molecule has 4 nitrogen and oxygen atoms in total. The summed E-state index contributed by atoms with van der Waals surface area (Å²) < 4.78 is 18.5. The molecule has 0 radical (unpaired) electrons. The molecule has 0 aromatic carbocycles. The first-order valence-corrected chi connectivity index (χ1v) is 16.1. The monoisotopic (exact) mass is 564 g/mol. The molecule has 1 saturated heterocycles. The number of allylic oxidation sites excluding steroid dienone is 2. The first-order valence-electron chi connectivity index (χ1n) is 11.6. The summed E-state index contributed by atoms with van der Waals surface area (Å²) in [5, 5.41) is 0.224. The number of carbonyl (C=O) groups excluding carboxylic acids is 1. The van der Waals surface area contributed by atoms with Crippen molar-refractivity contribution in [2.24, 2.45) is 11.3 Å². The van der Waals surface area contributed by atoms with Crippen molar-refractivity contribution < 1.29 is 18.7 Å². The van der Waals surface area contributed by atoms with E-state index in [9.17, 15) is 4.79 Å². The summed E-state index contributed by atoms with van der Waals surface area (Å²) >= 11 is 2.38. The average Bonchev–Trinajstić information content (AvgIpc) is 3.19. The van der Waals surface area contributed by atoms with Crippen LogP contribution in [0.2, 0.25) is 18.1 Å². The first kappa shape index (κ1) is 29.0. The maximum atomic E-state index is 12.5. The topological polar surface area (TPSA) is 44.8 Å². The summed E-state index contributed by atoms with van der Waals surface area (Å²) in [6, 6.07) is 0. The van der Waals surface area contributed by atoms with Crippen LogP contribution in [0.3, 0.4) is 0 Å². The van der Waals surface area contributed by atoms with Gasteiger partial charge in [0.05, 0.1) is 13.2 Å². The molecule has 0 aliphatic carbocycles. The van der Waals surface area contributed by atoms with Gasteiger partial charge in [-0.2, -0.15) is 0 Å². The normalized spacial score (nSPS) is 19.7. The maximum absolute atomic E-state index is 12.5. The number of ketones is 1. The zero-order valence-electron chi connectivity index (χ0n) is 21.1. The molecule has 0 aromatic rings. The van der Waals surface area contributed by atoms with Crippen LogP contribution in [0.25, 0.3) is 0 Å². The van der Waals surface area contributed by atoms with Crippen molar-refractivity contribution in [3.8, 4) is 0 Å². The second kappa shape index (κ2) is 13.0. The smallest absolute Gasteiger partial charge is 0.191 e. The molecule has 1 heterocycles. The van der Waals surface area contributed by atoms with Gasteiger partial charge in [0.2, 0.25) is 0 Å². The van der Waals surface area contributed by atoms with Crippen molar-refractivity contribution in [1.82, 2.24) is 0 Å². The molecule has 2 atom stereocenters. The zero-order chi connectivity index (χ0) is 23.7. The third-order valence-electron chi connectivity index (χ3n) is 6.88. The van der Waals surface area contributed by atoms with Gasteiger partial charge in [-0.05, 0) is 68.7 Å². The van der Waals surface area contributed by atoms with E-state index in [-0.39, 0.29) is 28.4 Å². The van der Waals surface area contributed by atoms with Gasteiger partial charge in [-0.3, -0.25) is 4.79 Å². The standard InChI is InChI=1S/C25H45IO4Si/c1-20(23-28-18-19-29-23)12-11-15-25(6,22(13-16-26)21(2)27)14-9-10-17-30-31(7,8)24(3,4)5/h9,12,14,22-23H,10-11,13,15-19H2,1-8H3/b14-9+,20-12+/t22-,25+/m0/s1. The van der Waals surface area contributed by atoms with Gasteiger partial charge in [0.25, 0.3) is 0 Å². The Bertz CT molecular complexity index is 618. The number of halogens is 1. The van der Waals surface area contributed by atoms with Gasteiger partial charge in [-0.25, -0.2) is 0 Å². The van der Waals surface area contributed by atoms with E-state index in [0.29, 0.717) is 13.2 Å². The number of rotatable bonds is 13. The summed E-state index contributed by atoms with van der Waals surface area (Å²) in [6.45, 7) is 19.5. The Morgan fingerprint density at radius 3 is 2.29 bits per heavy atom. The Morgan fingerprint density at radius 2 is 1.77 bits per heavy atom. The lowest BCUT2D eigenvalue weighted by Crippen LogP contribution is -2.40. The van der Waals surface area contributed by atoms with Gasteiger partial charge < -0.3 is 13.9 Å². The zero-order valence-corrected chi connectivity index (χ0v) is 24.2. The SMILES string of the molecule is CC(=O)[C@H](CCI)[C@](C)(/C=C/CCO[Si](C)(C)C(C)(C)C)CC/C=C(\C)C1OCCO1. The highest BCUT2D eigenvalue weighted by Gasteiger charge is 2.37. The Morgan fingerprint density at radius 1 is 1.16 bits per heavy atom. The van der Waals surface area contributed by atoms with Gasteiger partial charge in [0, 0.05) is 17.0 Å². The molecule has 0 unspecified atom stereocenters. The molecule has 6 heteroatoms. The van der Waals surface area contributed by atoms with Crippen molar-refractivity contribution >= 4 is 36.7 Å². The first-order chi connectivity index (χ1) is 14.3. The molecule has 0 N–H and O–H groups in total. The lowest BCUT2D eigenvalue weighted by atomic mass is 9.70. The van der Waals surface area contributed by atoms with E-state index < -0.39 is 8.32 Å². The van der Waals surface area contributed by atoms with E-state index in [1.807, 2.05) is 0 Å². The van der Waals surface area contributed by atoms with Gasteiger partial charge in [-0.15, -0.1) is 0 Å². The van der Waals surface area contributed by atoms with E-state index in [4.69, 9.17) is 13.9 Å². The molecule has 1 aliphatic rings. The number of alkyl halides is 1. The van der Waals surface area contributed by atoms with Crippen LogP contribution in [0.1, 0.15) is 67.2 Å². The molecule has 1 fully saturated rings. The van der Waals surface area contributed by atoms with Crippen LogP contribution in [-0.4, -0.2) is 44.6 Å². The highest BCUT2D eigenvalue weighted by atomic mass is 127. The van der Waals surface area contributed by atoms with Gasteiger partial charge in [0.1, 0.15) is 5.78 Å². The van der Waals surface area contributed by atoms with E-state index in [1.165, 1.54) is 0 Å². The van der Waals surface area contributed by atoms with E-state index in [1.54, 1.807) is 6.92 Å². The van der Waals surface area contributed by atoms with Crippen LogP contribution >= 0.6 is 22.6 Å². The number of hydrogen-bond acceptors (Lipinski definition) is 4. The number of Topliss-reactive ketones (excluding diaryl/α,β-unsaturated/α-hetero) is 1. The minimum absolute atomic E-state index is 0.0367. The molecule has 0 saturated carbocycles. The Kier molecular flexibility index (Phi) is 12.2. The lowest BCUT2D eigenvalue weighted by Gasteiger charge is -2.36. The summed E-state index contributed by atoms with van der Waals surface area (Å²) in [7, 11) is -1.72. The quantitative estimate of drug-likeness (QED) is 0.0788. The minimum Gasteiger partial charge on any atom is -0.417 e. The second-order valence-corrected chi connectivity index (χ2v) is 16.4. The van der Waals surface area contributed by atoms with Crippen LogP contribution in [-0.2, 0) is 18.7 Å². The number of carbonyl (C=O) groups is 1. The predicted octanol–water partition coefficient (Wildman–Crippen LogP) is 7.09. The largest absolute Gasteiger partial charge is 0.417 e. The molecule has 31 heavy (non-hydrogen) atoms. The van der Waals surface area contributed by atoms with Crippen molar-refractivity contribution in [3.05, 3.63) is 23.8 Å². The molecule has 0 bridgehead atoms. The molecule has 0 aromatic heterocycles. The van der Waals surface area contributed by atoms with Crippen LogP contribution in [0.4, 0.5) is 0 Å². The van der Waals surface area contributed by atoms with Crippen LogP contribution in [0.5, 0.6) is 0 Å². The van der Waals surface area contributed by atoms with Crippen molar-refractivity contribution in [3.63, 3.8) is 0 Å². The van der Waals surface area contributed by atoms with Gasteiger partial charge >= 0.3 is 0 Å². The van der Waals surface area contributed by atoms with Crippen LogP contribution in [0.15, 0.2) is 23.8 Å². The predicted molar refractivity (Wildman–Crippen MR) is 141 cm³/mol. The third-order valence-corrected chi connectivity index (χ3v) is 12.0. The lowest BCUT2D eigenvalue weighted by molar-refractivity contribution is -0.123. The minimum atomic E-state index is -1.72. The number of hydrogen-bond donors (Lipinski definition) is 0. The summed E-state index contributed by atoms with van der Waals surface area (Å²) in [6.07, 6.45) is 10.2. The fourth-order valence-corrected chi connectivity index (χ4v) is 5.44. The Hall–Kier alpha value is -0.0231. The third kappa shape index (κ3) is 9.39. The molecular weight excluding hydrogens is 519 g/mol. The molecular formula is C25H45IO4Si. The summed E-state index contributed by atoms with van der Waals surface area (Å²) in [4.78, 5) is 12.5. The highest BCUT2D eigenvalue weighted by Crippen LogP contribution is 2.39. The fraction of sp³-hybridized carbons (Fsp3) is 0.800. The Balaban J connectivity index is 2.81. The van der Waals surface area contributed by atoms with Gasteiger partial charge in [-0.1, -0.05) is 68.5 Å². The molecule has 180 valence electrons. The molecule has 0 amide bonds. The molecule has 1 aliphatic heterocycles. The second-order valence-electron chi connectivity index (χ2n) is 10.5. The van der Waals surface area contributed by atoms with Crippen molar-refractivity contribution in [2.75, 3.05) is 24.2 Å². The summed E-state index contributed by atoms with van der Waals surface area (Å²) in [5.74, 6) is 0.319. The van der Waals surface area contributed by atoms with E-state index >= 15 is 0 Å². The van der Waals surface area contributed by atoms with Crippen molar-refractivity contribution in [2.45, 2.75) is 91.6 Å². The van der Waals surface area contributed by atoms with E-state index in [2.05, 4.69) is 88.5 Å². The maximum Gasteiger partial charge on any atom is 0.191 e.